The van der Waals surface area contributed by atoms with Crippen molar-refractivity contribution in [3.8, 4) is 56.7 Å². The number of benzene rings is 14. The van der Waals surface area contributed by atoms with Gasteiger partial charge in [0.2, 0.25) is 0 Å². The van der Waals surface area contributed by atoms with Crippen molar-refractivity contribution in [2.75, 3.05) is 0 Å². The summed E-state index contributed by atoms with van der Waals surface area (Å²) in [6, 6.07) is 108. The molecule has 0 amide bonds. The Balaban J connectivity index is 0.000000129. The van der Waals surface area contributed by atoms with E-state index in [2.05, 4.69) is 300 Å². The van der Waals surface area contributed by atoms with Gasteiger partial charge < -0.3 is 13.6 Å². The van der Waals surface area contributed by atoms with Crippen LogP contribution in [0.5, 0.6) is 0 Å². The molecule has 0 aliphatic carbocycles. The van der Waals surface area contributed by atoms with Crippen LogP contribution in [0.3, 0.4) is 0 Å². The molecule has 22 aromatic rings. The van der Waals surface area contributed by atoms with Crippen molar-refractivity contribution in [1.29, 1.82) is 0 Å². The van der Waals surface area contributed by atoms with E-state index in [1.165, 1.54) is 87.7 Å². The van der Waals surface area contributed by atoms with Crippen molar-refractivity contribution in [1.82, 2.24) is 29.1 Å². The summed E-state index contributed by atoms with van der Waals surface area (Å²) < 4.78 is 19.0. The van der Waals surface area contributed by atoms with E-state index in [9.17, 15) is 0 Å². The van der Waals surface area contributed by atoms with Crippen LogP contribution in [0.1, 0.15) is 0 Å². The number of fused-ring (bicyclic) bond motifs is 22. The smallest absolute Gasteiger partial charge is 0.161 e. The summed E-state index contributed by atoms with van der Waals surface area (Å²) in [6.45, 7) is 0. The number of hydrogen-bond donors (Lipinski definition) is 0. The third-order valence-electron chi connectivity index (χ3n) is 19.6. The normalized spacial score (nSPS) is 12.1. The first-order chi connectivity index (χ1) is 48.6. The maximum atomic E-state index is 6.68. The van der Waals surface area contributed by atoms with E-state index in [0.717, 1.165) is 111 Å². The third-order valence-corrected chi connectivity index (χ3v) is 23.2. The lowest BCUT2D eigenvalue weighted by atomic mass is 10.0. The molecule has 0 saturated heterocycles. The molecule has 98 heavy (non-hydrogen) atoms. The minimum absolute atomic E-state index is 0.714. The molecule has 0 N–H and O–H groups in total. The van der Waals surface area contributed by atoms with Gasteiger partial charge in [0.15, 0.2) is 17.2 Å². The molecule has 10 heteroatoms. The molecule has 14 aromatic carbocycles. The second kappa shape index (κ2) is 21.7. The topological polar surface area (TPSA) is 74.6 Å². The Labute approximate surface area is 571 Å². The Kier molecular flexibility index (Phi) is 12.2. The van der Waals surface area contributed by atoms with E-state index in [4.69, 9.17) is 24.4 Å². The number of nitrogens with zero attached hydrogens (tertiary/aromatic N) is 6. The summed E-state index contributed by atoms with van der Waals surface area (Å²) >= 11 is 5.50. The molecule has 0 saturated carbocycles. The van der Waals surface area contributed by atoms with Gasteiger partial charge in [0.25, 0.3) is 0 Å². The molecular weight excluding hydrogens is 1250 g/mol. The molecule has 0 aliphatic rings. The molecule has 0 fully saturated rings. The van der Waals surface area contributed by atoms with Gasteiger partial charge in [0.1, 0.15) is 5.58 Å². The quantitative estimate of drug-likeness (QED) is 0.166. The molecule has 7 nitrogen and oxygen atoms in total. The van der Waals surface area contributed by atoms with Gasteiger partial charge in [-0.1, -0.05) is 224 Å². The van der Waals surface area contributed by atoms with Crippen LogP contribution < -0.4 is 0 Å². The van der Waals surface area contributed by atoms with Crippen molar-refractivity contribution in [3.05, 3.63) is 303 Å². The second-order valence-corrected chi connectivity index (χ2v) is 28.2. The summed E-state index contributed by atoms with van der Waals surface area (Å²) in [4.78, 5) is 21.2. The fourth-order valence-corrected chi connectivity index (χ4v) is 18.9. The predicted molar refractivity (Wildman–Crippen MR) is 415 cm³/mol. The van der Waals surface area contributed by atoms with Crippen molar-refractivity contribution >= 4 is 182 Å². The lowest BCUT2D eigenvalue weighted by Gasteiger charge is -2.14. The van der Waals surface area contributed by atoms with Crippen LogP contribution in [0.2, 0.25) is 0 Å². The lowest BCUT2D eigenvalue weighted by molar-refractivity contribution is 0.671. The summed E-state index contributed by atoms with van der Waals surface area (Å²) in [5.74, 6) is 1.45. The summed E-state index contributed by atoms with van der Waals surface area (Å²) in [7, 11) is 0. The third kappa shape index (κ3) is 8.39. The van der Waals surface area contributed by atoms with Crippen LogP contribution in [0.15, 0.2) is 308 Å². The largest absolute Gasteiger partial charge is 0.454 e. The molecule has 456 valence electrons. The monoisotopic (exact) mass is 1300 g/mol. The first-order valence-corrected chi connectivity index (χ1v) is 35.3. The standard InChI is InChI=1S/C44H25N3OS.C44H25N3S2/c1-2-12-26(13-3-1)40-33-17-4-8-18-36(33)45-44(46-40)35-25-27(24-34-30-16-7-11-21-39(30)49-43(34)35)47-37-19-9-5-14-28(37)31-22-23-32-29-15-6-10-20-38(29)48-42(32)41(31)47;1-2-12-26(13-3-1)40-33-17-4-8-18-36(33)45-44(46-40)35-25-27(24-34-30-16-7-11-21-39(30)48-42(34)35)47-37-19-9-5-14-28(37)31-22-23-32-29-15-6-10-20-38(29)49-43(32)41(31)47/h2*1-25H. The van der Waals surface area contributed by atoms with E-state index in [1.54, 1.807) is 11.3 Å². The van der Waals surface area contributed by atoms with Crippen molar-refractivity contribution < 1.29 is 4.42 Å². The average molecular weight is 1300 g/mol. The summed E-state index contributed by atoms with van der Waals surface area (Å²) in [6.07, 6.45) is 0. The van der Waals surface area contributed by atoms with Crippen LogP contribution in [0, 0.1) is 0 Å². The highest BCUT2D eigenvalue weighted by molar-refractivity contribution is 7.27. The molecule has 22 rings (SSSR count). The first-order valence-electron chi connectivity index (χ1n) is 32.8. The number of thiophene rings is 3. The molecule has 8 aromatic heterocycles. The predicted octanol–water partition coefficient (Wildman–Crippen LogP) is 25.1. The minimum Gasteiger partial charge on any atom is -0.454 e. The van der Waals surface area contributed by atoms with Crippen molar-refractivity contribution in [3.63, 3.8) is 0 Å². The van der Waals surface area contributed by atoms with E-state index >= 15 is 0 Å². The Hall–Kier alpha value is -12.2. The van der Waals surface area contributed by atoms with Crippen LogP contribution in [-0.4, -0.2) is 29.1 Å². The Morgan fingerprint density at radius 2 is 0.653 bits per heavy atom. The highest BCUT2D eigenvalue weighted by Crippen LogP contribution is 2.49. The molecular formula is C88H50N6OS3. The Morgan fingerprint density at radius 3 is 1.18 bits per heavy atom. The molecule has 0 atom stereocenters. The molecule has 0 spiro atoms. The number of para-hydroxylation sites is 5. The van der Waals surface area contributed by atoms with Gasteiger partial charge >= 0.3 is 0 Å². The maximum Gasteiger partial charge on any atom is 0.161 e. The average Bonchev–Trinajstić information content (AvgIpc) is 1.55. The van der Waals surface area contributed by atoms with Gasteiger partial charge in [-0.2, -0.15) is 0 Å². The number of rotatable bonds is 6. The Bertz CT molecular complexity index is 6650. The van der Waals surface area contributed by atoms with Gasteiger partial charge in [0.05, 0.1) is 49.2 Å². The van der Waals surface area contributed by atoms with Crippen molar-refractivity contribution in [2.24, 2.45) is 0 Å². The molecule has 0 radical (unpaired) electrons. The number of aromatic nitrogens is 6. The molecule has 8 heterocycles. The minimum atomic E-state index is 0.714. The van der Waals surface area contributed by atoms with Crippen LogP contribution >= 0.6 is 34.0 Å². The zero-order chi connectivity index (χ0) is 64.1. The second-order valence-electron chi connectivity index (χ2n) is 25.1. The van der Waals surface area contributed by atoms with E-state index in [-0.39, 0.29) is 0 Å². The van der Waals surface area contributed by atoms with Crippen LogP contribution in [0.25, 0.3) is 205 Å². The highest BCUT2D eigenvalue weighted by Gasteiger charge is 2.26. The SMILES string of the molecule is c1ccc(-c2nc(-c3cc(-n4c5ccccc5c5ccc6c7ccccc7oc6c54)cc4c3sc3ccccc34)nc3ccccc23)cc1.c1ccc(-c2nc(-c3cc(-n4c5ccccc5c5ccc6c7ccccc7sc6c54)cc4c3sc3ccccc34)nc3ccccc23)cc1. The van der Waals surface area contributed by atoms with Gasteiger partial charge in [-0.3, -0.25) is 0 Å². The zero-order valence-corrected chi connectivity index (χ0v) is 54.6. The highest BCUT2D eigenvalue weighted by atomic mass is 32.1. The van der Waals surface area contributed by atoms with E-state index < -0.39 is 0 Å². The number of hydrogen-bond acceptors (Lipinski definition) is 8. The van der Waals surface area contributed by atoms with Gasteiger partial charge in [0, 0.05) is 133 Å². The fourth-order valence-electron chi connectivity index (χ4n) is 15.2. The summed E-state index contributed by atoms with van der Waals surface area (Å²) in [5.41, 5.74) is 16.5. The lowest BCUT2D eigenvalue weighted by Crippen LogP contribution is -1.98. The van der Waals surface area contributed by atoms with Crippen molar-refractivity contribution in [2.45, 2.75) is 0 Å². The molecule has 0 unspecified atom stereocenters. The first kappa shape index (κ1) is 55.1. The van der Waals surface area contributed by atoms with Gasteiger partial charge in [-0.15, -0.1) is 34.0 Å². The maximum absolute atomic E-state index is 6.68. The number of furan rings is 1. The molecule has 0 aliphatic heterocycles. The van der Waals surface area contributed by atoms with Gasteiger partial charge in [-0.05, 0) is 78.9 Å². The van der Waals surface area contributed by atoms with E-state index in [0.29, 0.717) is 5.82 Å². The zero-order valence-electron chi connectivity index (χ0n) is 52.2. The van der Waals surface area contributed by atoms with Crippen LogP contribution in [-0.2, 0) is 0 Å². The van der Waals surface area contributed by atoms with Crippen LogP contribution in [0.4, 0.5) is 0 Å². The Morgan fingerprint density at radius 1 is 0.265 bits per heavy atom. The van der Waals surface area contributed by atoms with Gasteiger partial charge in [-0.25, -0.2) is 19.9 Å². The summed E-state index contributed by atoms with van der Waals surface area (Å²) in [5, 5.41) is 16.7. The van der Waals surface area contributed by atoms with E-state index in [1.807, 2.05) is 34.8 Å². The fraction of sp³-hybridized carbons (Fsp3) is 0. The molecule has 0 bridgehead atoms.